The highest BCUT2D eigenvalue weighted by molar-refractivity contribution is 5.76. The fourth-order valence-electron chi connectivity index (χ4n) is 3.72. The van der Waals surface area contributed by atoms with Gasteiger partial charge in [-0.05, 0) is 25.7 Å². The predicted molar refractivity (Wildman–Crippen MR) is 81.2 cm³/mol. The van der Waals surface area contributed by atoms with Crippen molar-refractivity contribution in [3.05, 3.63) is 0 Å². The molecule has 0 spiro atoms. The summed E-state index contributed by atoms with van der Waals surface area (Å²) < 4.78 is 0. The molecule has 0 bridgehead atoms. The highest BCUT2D eigenvalue weighted by atomic mass is 16.4. The summed E-state index contributed by atoms with van der Waals surface area (Å²) in [5.74, 6) is -0.864. The smallest absolute Gasteiger partial charge is 0.317 e. The average Bonchev–Trinajstić information content (AvgIpc) is 2.49. The monoisotopic (exact) mass is 296 g/mol. The molecular formula is C16H28N2O3. The Morgan fingerprint density at radius 2 is 1.38 bits per heavy atom. The molecule has 0 unspecified atom stereocenters. The fourth-order valence-corrected chi connectivity index (χ4v) is 3.72. The van der Waals surface area contributed by atoms with Crippen LogP contribution in [0.5, 0.6) is 0 Å². The summed E-state index contributed by atoms with van der Waals surface area (Å²) in [5, 5.41) is 11.5. The minimum Gasteiger partial charge on any atom is -0.481 e. The average molecular weight is 296 g/mol. The first kappa shape index (κ1) is 16.1. The molecule has 2 N–H and O–H groups in total. The summed E-state index contributed by atoms with van der Waals surface area (Å²) in [6.07, 6.45) is 11.8. The molecule has 2 saturated carbocycles. The van der Waals surface area contributed by atoms with Crippen LogP contribution in [-0.4, -0.2) is 40.6 Å². The number of urea groups is 1. The lowest BCUT2D eigenvalue weighted by atomic mass is 9.89. The maximum Gasteiger partial charge on any atom is 0.317 e. The molecule has 0 radical (unpaired) electrons. The van der Waals surface area contributed by atoms with E-state index in [9.17, 15) is 9.59 Å². The van der Waals surface area contributed by atoms with Gasteiger partial charge in [-0.2, -0.15) is 0 Å². The Labute approximate surface area is 127 Å². The first-order valence-electron chi connectivity index (χ1n) is 8.46. The normalized spacial score (nSPS) is 21.0. The highest BCUT2D eigenvalue weighted by Gasteiger charge is 2.32. The van der Waals surface area contributed by atoms with Gasteiger partial charge in [-0.1, -0.05) is 38.5 Å². The van der Waals surface area contributed by atoms with Crippen LogP contribution in [0.1, 0.15) is 70.6 Å². The van der Waals surface area contributed by atoms with E-state index >= 15 is 0 Å². The summed E-state index contributed by atoms with van der Waals surface area (Å²) in [7, 11) is 0. The minimum absolute atomic E-state index is 0.00505. The molecule has 0 atom stereocenters. The molecule has 0 aromatic carbocycles. The standard InChI is InChI=1S/C16H28N2O3/c19-15(20)11-12-17-16(21)18(13-7-3-1-4-8-13)14-9-5-2-6-10-14/h13-14H,1-12H2,(H,17,21)(H,19,20). The van der Waals surface area contributed by atoms with Gasteiger partial charge in [0.25, 0.3) is 0 Å². The van der Waals surface area contributed by atoms with Gasteiger partial charge in [0.1, 0.15) is 0 Å². The van der Waals surface area contributed by atoms with Crippen LogP contribution in [0.25, 0.3) is 0 Å². The van der Waals surface area contributed by atoms with E-state index in [0.29, 0.717) is 12.1 Å². The molecule has 5 nitrogen and oxygen atoms in total. The third-order valence-electron chi connectivity index (χ3n) is 4.79. The van der Waals surface area contributed by atoms with Crippen LogP contribution in [0.3, 0.4) is 0 Å². The third kappa shape index (κ3) is 4.90. The summed E-state index contributed by atoms with van der Waals surface area (Å²) >= 11 is 0. The van der Waals surface area contributed by atoms with E-state index in [1.54, 1.807) is 0 Å². The predicted octanol–water partition coefficient (Wildman–Crippen LogP) is 3.14. The van der Waals surface area contributed by atoms with Crippen LogP contribution in [0, 0.1) is 0 Å². The van der Waals surface area contributed by atoms with Gasteiger partial charge in [0.05, 0.1) is 6.42 Å². The Balaban J connectivity index is 1.95. The van der Waals surface area contributed by atoms with Crippen LogP contribution in [-0.2, 0) is 4.79 Å². The number of carbonyl (C=O) groups excluding carboxylic acids is 1. The minimum atomic E-state index is -0.864. The van der Waals surface area contributed by atoms with Crippen molar-refractivity contribution in [1.82, 2.24) is 10.2 Å². The van der Waals surface area contributed by atoms with Crippen molar-refractivity contribution in [2.45, 2.75) is 82.7 Å². The second-order valence-corrected chi connectivity index (χ2v) is 6.37. The number of carboxylic acid groups (broad SMARTS) is 1. The van der Waals surface area contributed by atoms with E-state index in [1.165, 1.54) is 38.5 Å². The van der Waals surface area contributed by atoms with E-state index in [-0.39, 0.29) is 19.0 Å². The van der Waals surface area contributed by atoms with Crippen molar-refractivity contribution in [2.75, 3.05) is 6.54 Å². The van der Waals surface area contributed by atoms with Gasteiger partial charge in [-0.25, -0.2) is 4.79 Å². The van der Waals surface area contributed by atoms with E-state index in [1.807, 2.05) is 0 Å². The molecule has 21 heavy (non-hydrogen) atoms. The second kappa shape index (κ2) is 8.25. The molecule has 0 aromatic rings. The van der Waals surface area contributed by atoms with Crippen molar-refractivity contribution < 1.29 is 14.7 Å². The summed E-state index contributed by atoms with van der Waals surface area (Å²) in [6.45, 7) is 0.226. The quantitative estimate of drug-likeness (QED) is 0.819. The maximum atomic E-state index is 12.5. The Kier molecular flexibility index (Phi) is 6.33. The summed E-state index contributed by atoms with van der Waals surface area (Å²) in [6, 6.07) is 0.661. The molecule has 2 aliphatic rings. The second-order valence-electron chi connectivity index (χ2n) is 6.37. The number of carbonyl (C=O) groups is 2. The lowest BCUT2D eigenvalue weighted by Crippen LogP contribution is -2.53. The first-order valence-corrected chi connectivity index (χ1v) is 8.46. The Morgan fingerprint density at radius 1 is 0.905 bits per heavy atom. The zero-order chi connectivity index (χ0) is 15.1. The van der Waals surface area contributed by atoms with E-state index in [4.69, 9.17) is 5.11 Å². The molecular weight excluding hydrogens is 268 g/mol. The van der Waals surface area contributed by atoms with Crippen molar-refractivity contribution in [2.24, 2.45) is 0 Å². The zero-order valence-electron chi connectivity index (χ0n) is 12.9. The number of aliphatic carboxylic acids is 1. The molecule has 2 rings (SSSR count). The van der Waals surface area contributed by atoms with Crippen LogP contribution < -0.4 is 5.32 Å². The number of rotatable bonds is 5. The molecule has 0 heterocycles. The van der Waals surface area contributed by atoms with Crippen molar-refractivity contribution in [3.63, 3.8) is 0 Å². The van der Waals surface area contributed by atoms with E-state index < -0.39 is 5.97 Å². The molecule has 0 saturated heterocycles. The van der Waals surface area contributed by atoms with Gasteiger partial charge in [-0.3, -0.25) is 4.79 Å². The lowest BCUT2D eigenvalue weighted by molar-refractivity contribution is -0.136. The SMILES string of the molecule is O=C(O)CCNC(=O)N(C1CCCCC1)C1CCCCC1. The number of hydrogen-bond donors (Lipinski definition) is 2. The molecule has 5 heteroatoms. The van der Waals surface area contributed by atoms with Gasteiger partial charge in [-0.15, -0.1) is 0 Å². The summed E-state index contributed by atoms with van der Waals surface area (Å²) in [4.78, 5) is 25.2. The molecule has 120 valence electrons. The topological polar surface area (TPSA) is 69.6 Å². The number of nitrogens with one attached hydrogen (secondary N) is 1. The van der Waals surface area contributed by atoms with Gasteiger partial charge in [0.2, 0.25) is 0 Å². The Morgan fingerprint density at radius 3 is 1.81 bits per heavy atom. The van der Waals surface area contributed by atoms with E-state index in [0.717, 1.165) is 25.7 Å². The molecule has 2 aliphatic carbocycles. The van der Waals surface area contributed by atoms with Gasteiger partial charge >= 0.3 is 12.0 Å². The number of nitrogens with zero attached hydrogens (tertiary/aromatic N) is 1. The lowest BCUT2D eigenvalue weighted by Gasteiger charge is -2.41. The van der Waals surface area contributed by atoms with Gasteiger partial charge < -0.3 is 15.3 Å². The van der Waals surface area contributed by atoms with E-state index in [2.05, 4.69) is 10.2 Å². The zero-order valence-corrected chi connectivity index (χ0v) is 12.9. The van der Waals surface area contributed by atoms with Gasteiger partial charge in [0.15, 0.2) is 0 Å². The molecule has 2 fully saturated rings. The van der Waals surface area contributed by atoms with Crippen LogP contribution in [0.15, 0.2) is 0 Å². The maximum absolute atomic E-state index is 12.5. The van der Waals surface area contributed by atoms with Crippen LogP contribution >= 0.6 is 0 Å². The van der Waals surface area contributed by atoms with Crippen molar-refractivity contribution in [1.29, 1.82) is 0 Å². The Bertz CT molecular complexity index is 329. The molecule has 2 amide bonds. The molecule has 0 aromatic heterocycles. The van der Waals surface area contributed by atoms with Gasteiger partial charge in [0, 0.05) is 18.6 Å². The fraction of sp³-hybridized carbons (Fsp3) is 0.875. The number of hydrogen-bond acceptors (Lipinski definition) is 2. The third-order valence-corrected chi connectivity index (χ3v) is 4.79. The number of amides is 2. The highest BCUT2D eigenvalue weighted by Crippen LogP contribution is 2.30. The largest absolute Gasteiger partial charge is 0.481 e. The Hall–Kier alpha value is -1.26. The van der Waals surface area contributed by atoms with Crippen LogP contribution in [0.4, 0.5) is 4.79 Å². The van der Waals surface area contributed by atoms with Crippen molar-refractivity contribution in [3.8, 4) is 0 Å². The van der Waals surface area contributed by atoms with Crippen molar-refractivity contribution >= 4 is 12.0 Å². The molecule has 0 aliphatic heterocycles. The van der Waals surface area contributed by atoms with Crippen LogP contribution in [0.2, 0.25) is 0 Å². The summed E-state index contributed by atoms with van der Waals surface area (Å²) in [5.41, 5.74) is 0. The first-order chi connectivity index (χ1) is 10.2. The number of carboxylic acids is 1.